The highest BCUT2D eigenvalue weighted by atomic mass is 32.2. The summed E-state index contributed by atoms with van der Waals surface area (Å²) < 4.78 is 32.0. The quantitative estimate of drug-likeness (QED) is 0.854. The third-order valence-corrected chi connectivity index (χ3v) is 6.11. The Hall–Kier alpha value is -2.25. The zero-order chi connectivity index (χ0) is 17.2. The van der Waals surface area contributed by atoms with Crippen LogP contribution in [0.3, 0.4) is 0 Å². The van der Waals surface area contributed by atoms with E-state index in [9.17, 15) is 8.42 Å². The monoisotopic (exact) mass is 347 g/mol. The Morgan fingerprint density at radius 2 is 1.50 bits per heavy atom. The van der Waals surface area contributed by atoms with Gasteiger partial charge in [0.05, 0.1) is 12.0 Å². The van der Waals surface area contributed by atoms with Gasteiger partial charge < -0.3 is 15.4 Å². The molecule has 2 aromatic carbocycles. The van der Waals surface area contributed by atoms with Gasteiger partial charge in [0.2, 0.25) is 10.0 Å². The van der Waals surface area contributed by atoms with Crippen LogP contribution < -0.4 is 15.4 Å². The molecule has 1 aliphatic heterocycles. The largest absolute Gasteiger partial charge is 0.497 e. The predicted octanol–water partition coefficient (Wildman–Crippen LogP) is 1.79. The Morgan fingerprint density at radius 3 is 2.04 bits per heavy atom. The minimum Gasteiger partial charge on any atom is -0.497 e. The van der Waals surface area contributed by atoms with Crippen LogP contribution in [0.2, 0.25) is 0 Å². The molecule has 0 saturated carbocycles. The van der Waals surface area contributed by atoms with Gasteiger partial charge in [-0.15, -0.1) is 0 Å². The number of nitrogens with two attached hydrogens (primary N) is 1. The average Bonchev–Trinajstić information content (AvgIpc) is 2.62. The fraction of sp³-hybridized carbons (Fsp3) is 0.294. The van der Waals surface area contributed by atoms with E-state index in [4.69, 9.17) is 10.5 Å². The third kappa shape index (κ3) is 3.32. The second-order valence-corrected chi connectivity index (χ2v) is 7.60. The Kier molecular flexibility index (Phi) is 4.64. The summed E-state index contributed by atoms with van der Waals surface area (Å²) >= 11 is 0. The van der Waals surface area contributed by atoms with Crippen LogP contribution in [0.25, 0.3) is 0 Å². The Bertz CT molecular complexity index is 781. The molecule has 0 bridgehead atoms. The number of hydrogen-bond acceptors (Lipinski definition) is 5. The second kappa shape index (κ2) is 6.70. The van der Waals surface area contributed by atoms with E-state index in [1.165, 1.54) is 4.31 Å². The molecule has 0 atom stereocenters. The number of methoxy groups -OCH3 is 1. The van der Waals surface area contributed by atoms with Gasteiger partial charge in [0.15, 0.2) is 0 Å². The lowest BCUT2D eigenvalue weighted by Crippen LogP contribution is -2.48. The molecule has 0 unspecified atom stereocenters. The SMILES string of the molecule is COc1ccc(N2CCN(S(=O)(=O)c3ccc(N)cc3)CC2)cc1. The molecule has 24 heavy (non-hydrogen) atoms. The van der Waals surface area contributed by atoms with Gasteiger partial charge in [-0.05, 0) is 48.5 Å². The van der Waals surface area contributed by atoms with Crippen molar-refractivity contribution in [2.45, 2.75) is 4.90 Å². The number of rotatable bonds is 4. The van der Waals surface area contributed by atoms with Gasteiger partial charge >= 0.3 is 0 Å². The van der Waals surface area contributed by atoms with Crippen molar-refractivity contribution in [1.82, 2.24) is 4.31 Å². The molecule has 1 saturated heterocycles. The van der Waals surface area contributed by atoms with Gasteiger partial charge in [-0.2, -0.15) is 4.31 Å². The van der Waals surface area contributed by atoms with Crippen molar-refractivity contribution in [2.75, 3.05) is 43.9 Å². The summed E-state index contributed by atoms with van der Waals surface area (Å²) in [4.78, 5) is 2.46. The van der Waals surface area contributed by atoms with E-state index in [0.29, 0.717) is 31.9 Å². The highest BCUT2D eigenvalue weighted by molar-refractivity contribution is 7.89. The number of nitrogens with zero attached hydrogens (tertiary/aromatic N) is 2. The van der Waals surface area contributed by atoms with E-state index in [1.54, 1.807) is 31.4 Å². The first-order valence-corrected chi connectivity index (χ1v) is 9.19. The molecule has 7 heteroatoms. The first kappa shape index (κ1) is 16.6. The molecular formula is C17H21N3O3S. The number of anilines is 2. The van der Waals surface area contributed by atoms with Crippen LogP contribution in [0.5, 0.6) is 5.75 Å². The van der Waals surface area contributed by atoms with E-state index >= 15 is 0 Å². The van der Waals surface area contributed by atoms with Crippen molar-refractivity contribution < 1.29 is 13.2 Å². The molecule has 3 rings (SSSR count). The number of nitrogen functional groups attached to an aromatic ring is 1. The maximum absolute atomic E-state index is 12.7. The normalized spacial score (nSPS) is 16.1. The fourth-order valence-corrected chi connectivity index (χ4v) is 4.19. The lowest BCUT2D eigenvalue weighted by molar-refractivity contribution is 0.384. The minimum atomic E-state index is -3.46. The van der Waals surface area contributed by atoms with E-state index in [0.717, 1.165) is 11.4 Å². The summed E-state index contributed by atoms with van der Waals surface area (Å²) in [6.45, 7) is 2.22. The summed E-state index contributed by atoms with van der Waals surface area (Å²) in [7, 11) is -1.83. The maximum Gasteiger partial charge on any atom is 0.243 e. The molecule has 0 spiro atoms. The van der Waals surface area contributed by atoms with Gasteiger partial charge in [0.1, 0.15) is 5.75 Å². The van der Waals surface area contributed by atoms with Gasteiger partial charge in [0.25, 0.3) is 0 Å². The summed E-state index contributed by atoms with van der Waals surface area (Å²) in [6, 6.07) is 14.1. The van der Waals surface area contributed by atoms with Gasteiger partial charge in [-0.3, -0.25) is 0 Å². The third-order valence-electron chi connectivity index (χ3n) is 4.19. The summed E-state index contributed by atoms with van der Waals surface area (Å²) in [5.41, 5.74) is 7.25. The van der Waals surface area contributed by atoms with Crippen molar-refractivity contribution in [3.05, 3.63) is 48.5 Å². The van der Waals surface area contributed by atoms with E-state index < -0.39 is 10.0 Å². The summed E-state index contributed by atoms with van der Waals surface area (Å²) in [5, 5.41) is 0. The van der Waals surface area contributed by atoms with Gasteiger partial charge in [-0.1, -0.05) is 0 Å². The highest BCUT2D eigenvalue weighted by Gasteiger charge is 2.28. The molecule has 2 aromatic rings. The molecule has 0 amide bonds. The van der Waals surface area contributed by atoms with E-state index in [2.05, 4.69) is 4.90 Å². The molecule has 128 valence electrons. The maximum atomic E-state index is 12.7. The van der Waals surface area contributed by atoms with Crippen LogP contribution in [-0.4, -0.2) is 46.0 Å². The number of hydrogen-bond donors (Lipinski definition) is 1. The van der Waals surface area contributed by atoms with Crippen molar-refractivity contribution in [2.24, 2.45) is 0 Å². The molecule has 0 aromatic heterocycles. The molecule has 1 fully saturated rings. The molecule has 2 N–H and O–H groups in total. The zero-order valence-corrected chi connectivity index (χ0v) is 14.4. The van der Waals surface area contributed by atoms with Crippen LogP contribution in [0.15, 0.2) is 53.4 Å². The molecular weight excluding hydrogens is 326 g/mol. The molecule has 1 heterocycles. The van der Waals surface area contributed by atoms with Crippen molar-refractivity contribution >= 4 is 21.4 Å². The van der Waals surface area contributed by atoms with Gasteiger partial charge in [0, 0.05) is 37.6 Å². The van der Waals surface area contributed by atoms with Crippen LogP contribution >= 0.6 is 0 Å². The fourth-order valence-electron chi connectivity index (χ4n) is 2.77. The number of ether oxygens (including phenoxy) is 1. The lowest BCUT2D eigenvalue weighted by atomic mass is 10.2. The van der Waals surface area contributed by atoms with Crippen LogP contribution in [-0.2, 0) is 10.0 Å². The lowest BCUT2D eigenvalue weighted by Gasteiger charge is -2.35. The summed E-state index contributed by atoms with van der Waals surface area (Å²) in [5.74, 6) is 0.809. The Labute approximate surface area is 142 Å². The molecule has 0 radical (unpaired) electrons. The van der Waals surface area contributed by atoms with Crippen LogP contribution in [0.1, 0.15) is 0 Å². The first-order chi connectivity index (χ1) is 11.5. The van der Waals surface area contributed by atoms with Crippen LogP contribution in [0, 0.1) is 0 Å². The molecule has 6 nitrogen and oxygen atoms in total. The topological polar surface area (TPSA) is 75.9 Å². The Morgan fingerprint density at radius 1 is 0.917 bits per heavy atom. The number of piperazine rings is 1. The smallest absolute Gasteiger partial charge is 0.243 e. The van der Waals surface area contributed by atoms with Gasteiger partial charge in [-0.25, -0.2) is 8.42 Å². The average molecular weight is 347 g/mol. The van der Waals surface area contributed by atoms with Crippen molar-refractivity contribution in [3.8, 4) is 5.75 Å². The number of benzene rings is 2. The Balaban J connectivity index is 1.68. The van der Waals surface area contributed by atoms with Crippen molar-refractivity contribution in [1.29, 1.82) is 0 Å². The first-order valence-electron chi connectivity index (χ1n) is 7.75. The second-order valence-electron chi connectivity index (χ2n) is 5.66. The summed E-state index contributed by atoms with van der Waals surface area (Å²) in [6.07, 6.45) is 0. The molecule has 1 aliphatic rings. The minimum absolute atomic E-state index is 0.287. The van der Waals surface area contributed by atoms with E-state index in [-0.39, 0.29) is 4.90 Å². The predicted molar refractivity (Wildman–Crippen MR) is 94.8 cm³/mol. The van der Waals surface area contributed by atoms with E-state index in [1.807, 2.05) is 24.3 Å². The van der Waals surface area contributed by atoms with Crippen LogP contribution in [0.4, 0.5) is 11.4 Å². The van der Waals surface area contributed by atoms with Crippen molar-refractivity contribution in [3.63, 3.8) is 0 Å². The standard InChI is InChI=1S/C17H21N3O3S/c1-23-16-6-4-15(5-7-16)19-10-12-20(13-11-19)24(21,22)17-8-2-14(18)3-9-17/h2-9H,10-13,18H2,1H3. The highest BCUT2D eigenvalue weighted by Crippen LogP contribution is 2.23. The number of sulfonamides is 1. The zero-order valence-electron chi connectivity index (χ0n) is 13.6. The molecule has 0 aliphatic carbocycles.